The molecule has 2 heterocycles. The van der Waals surface area contributed by atoms with E-state index in [1.807, 2.05) is 18.2 Å². The van der Waals surface area contributed by atoms with Gasteiger partial charge in [-0.3, -0.25) is 10.2 Å². The molecule has 4 rings (SSSR count). The second kappa shape index (κ2) is 6.22. The Morgan fingerprint density at radius 3 is 2.65 bits per heavy atom. The first kappa shape index (κ1) is 17.3. The number of hydrogen-bond donors (Lipinski definition) is 1. The topological polar surface area (TPSA) is 44.2 Å². The highest BCUT2D eigenvalue weighted by Gasteiger charge is 2.39. The fourth-order valence-corrected chi connectivity index (χ4v) is 5.10. The third kappa shape index (κ3) is 2.83. The summed E-state index contributed by atoms with van der Waals surface area (Å²) in [6, 6.07) is 16.3. The maximum Gasteiger partial charge on any atom is 0.228 e. The highest BCUT2D eigenvalue weighted by molar-refractivity contribution is 7.19. The Hall–Kier alpha value is -2.17. The van der Waals surface area contributed by atoms with Gasteiger partial charge in [0.05, 0.1) is 0 Å². The molecule has 2 aromatic carbocycles. The number of likely N-dealkylation sites (tertiary alicyclic amines) is 1. The summed E-state index contributed by atoms with van der Waals surface area (Å²) in [5, 5.41) is 10.0. The molecule has 0 saturated carbocycles. The Labute approximate surface area is 161 Å². The summed E-state index contributed by atoms with van der Waals surface area (Å²) in [6.07, 6.45) is 1.01. The van der Waals surface area contributed by atoms with Crippen LogP contribution in [0.25, 0.3) is 21.2 Å². The van der Waals surface area contributed by atoms with Crippen molar-refractivity contribution in [3.63, 3.8) is 0 Å². The van der Waals surface area contributed by atoms with Gasteiger partial charge in [-0.2, -0.15) is 0 Å². The number of piperidine rings is 1. The number of fused-ring (bicyclic) bond motifs is 1. The van der Waals surface area contributed by atoms with Gasteiger partial charge in [-0.05, 0) is 34.7 Å². The number of hydrogen-bond acceptors (Lipinski definition) is 3. The molecule has 0 spiro atoms. The van der Waals surface area contributed by atoms with Crippen LogP contribution in [-0.4, -0.2) is 23.7 Å². The molecular weight excluding hydrogens is 364 g/mol. The van der Waals surface area contributed by atoms with Crippen LogP contribution < -0.4 is 0 Å². The van der Waals surface area contributed by atoms with Gasteiger partial charge >= 0.3 is 0 Å². The summed E-state index contributed by atoms with van der Waals surface area (Å²) in [7, 11) is 1.69. The van der Waals surface area contributed by atoms with Crippen molar-refractivity contribution in [3.8, 4) is 11.1 Å². The monoisotopic (exact) mass is 382 g/mol. The van der Waals surface area contributed by atoms with Crippen LogP contribution in [0.3, 0.4) is 0 Å². The lowest BCUT2D eigenvalue weighted by molar-refractivity contribution is -0.128. The van der Waals surface area contributed by atoms with Crippen LogP contribution in [0.15, 0.2) is 48.5 Å². The van der Waals surface area contributed by atoms with Crippen molar-refractivity contribution in [2.24, 2.45) is 0 Å². The number of carbonyl (C=O) groups is 1. The van der Waals surface area contributed by atoms with Crippen LogP contribution in [0.2, 0.25) is 5.02 Å². The van der Waals surface area contributed by atoms with E-state index in [9.17, 15) is 4.79 Å². The predicted molar refractivity (Wildman–Crippen MR) is 109 cm³/mol. The van der Waals surface area contributed by atoms with E-state index in [2.05, 4.69) is 37.3 Å². The number of halogens is 1. The van der Waals surface area contributed by atoms with Gasteiger partial charge in [-0.25, -0.2) is 0 Å². The minimum atomic E-state index is -0.323. The highest BCUT2D eigenvalue weighted by Crippen LogP contribution is 2.44. The Morgan fingerprint density at radius 2 is 1.92 bits per heavy atom. The molecule has 1 N–H and O–H groups in total. The third-order valence-corrected chi connectivity index (χ3v) is 6.88. The zero-order valence-electron chi connectivity index (χ0n) is 14.7. The Kier molecular flexibility index (Phi) is 4.13. The molecule has 1 atom stereocenters. The van der Waals surface area contributed by atoms with Crippen molar-refractivity contribution < 1.29 is 4.79 Å². The van der Waals surface area contributed by atoms with Crippen LogP contribution in [0.5, 0.6) is 0 Å². The molecule has 5 heteroatoms. The lowest BCUT2D eigenvalue weighted by Gasteiger charge is -2.36. The summed E-state index contributed by atoms with van der Waals surface area (Å²) >= 11 is 7.90. The van der Waals surface area contributed by atoms with E-state index in [0.717, 1.165) is 21.0 Å². The maximum absolute atomic E-state index is 12.3. The zero-order valence-corrected chi connectivity index (χ0v) is 16.2. The van der Waals surface area contributed by atoms with E-state index in [-0.39, 0.29) is 11.3 Å². The van der Waals surface area contributed by atoms with Gasteiger partial charge < -0.3 is 4.90 Å². The van der Waals surface area contributed by atoms with E-state index >= 15 is 0 Å². The molecule has 26 heavy (non-hydrogen) atoms. The van der Waals surface area contributed by atoms with E-state index < -0.39 is 0 Å². The van der Waals surface area contributed by atoms with Gasteiger partial charge in [-0.1, -0.05) is 48.9 Å². The summed E-state index contributed by atoms with van der Waals surface area (Å²) in [4.78, 5) is 14.9. The van der Waals surface area contributed by atoms with Crippen LogP contribution >= 0.6 is 22.9 Å². The number of nitrogens with one attached hydrogen (secondary N) is 1. The average molecular weight is 383 g/mol. The van der Waals surface area contributed by atoms with E-state index in [4.69, 9.17) is 17.0 Å². The number of nitrogens with zero attached hydrogens (tertiary/aromatic N) is 1. The second-order valence-corrected chi connectivity index (χ2v) is 8.65. The molecule has 0 bridgehead atoms. The van der Waals surface area contributed by atoms with Crippen molar-refractivity contribution in [2.75, 3.05) is 7.05 Å². The van der Waals surface area contributed by atoms with Crippen LogP contribution in [0.4, 0.5) is 0 Å². The zero-order chi connectivity index (χ0) is 18.5. The number of amides is 1. The normalized spacial score (nSPS) is 20.8. The largest absolute Gasteiger partial charge is 0.304 e. The first-order chi connectivity index (χ1) is 12.4. The molecule has 0 radical (unpaired) electrons. The first-order valence-corrected chi connectivity index (χ1v) is 9.70. The molecule has 0 aliphatic carbocycles. The highest BCUT2D eigenvalue weighted by atomic mass is 35.5. The van der Waals surface area contributed by atoms with Gasteiger partial charge in [-0.15, -0.1) is 11.3 Å². The molecule has 3 aromatic rings. The Balaban J connectivity index is 1.83. The van der Waals surface area contributed by atoms with Gasteiger partial charge in [0.2, 0.25) is 5.91 Å². The second-order valence-electron chi connectivity index (χ2n) is 7.16. The Morgan fingerprint density at radius 1 is 1.15 bits per heavy atom. The molecule has 1 aliphatic rings. The fraction of sp³-hybridized carbons (Fsp3) is 0.238. The predicted octanol–water partition coefficient (Wildman–Crippen LogP) is 5.71. The van der Waals surface area contributed by atoms with E-state index in [0.29, 0.717) is 18.7 Å². The molecule has 3 nitrogen and oxygen atoms in total. The van der Waals surface area contributed by atoms with Crippen LogP contribution in [0, 0.1) is 5.41 Å². The number of carbonyl (C=O) groups excluding carboxylic acids is 1. The van der Waals surface area contributed by atoms with Gasteiger partial charge in [0, 0.05) is 39.9 Å². The van der Waals surface area contributed by atoms with E-state index in [1.54, 1.807) is 18.4 Å². The van der Waals surface area contributed by atoms with Crippen molar-refractivity contribution >= 4 is 44.8 Å². The molecule has 1 fully saturated rings. The molecule has 132 valence electrons. The SMILES string of the molecule is CN1C(=N)C[C@](C)(c2cc3cccc(-c4cccc(Cl)c4)c3s2)CC1=O. The van der Waals surface area contributed by atoms with Gasteiger partial charge in [0.1, 0.15) is 5.84 Å². The summed E-state index contributed by atoms with van der Waals surface area (Å²) in [5.74, 6) is 0.396. The van der Waals surface area contributed by atoms with Crippen molar-refractivity contribution in [1.82, 2.24) is 4.90 Å². The molecule has 1 saturated heterocycles. The Bertz CT molecular complexity index is 1020. The number of benzene rings is 2. The van der Waals surface area contributed by atoms with Gasteiger partial charge in [0.25, 0.3) is 0 Å². The number of thiophene rings is 1. The van der Waals surface area contributed by atoms with Crippen molar-refractivity contribution in [1.29, 1.82) is 5.41 Å². The smallest absolute Gasteiger partial charge is 0.228 e. The van der Waals surface area contributed by atoms with Crippen LogP contribution in [-0.2, 0) is 10.2 Å². The minimum absolute atomic E-state index is 0.0104. The average Bonchev–Trinajstić information content (AvgIpc) is 3.05. The first-order valence-electron chi connectivity index (χ1n) is 8.50. The standard InChI is InChI=1S/C21H19ClN2OS/c1-21(11-18(23)24(2)19(25)12-21)17-10-14-6-4-8-16(20(14)26-17)13-5-3-7-15(22)9-13/h3-10,23H,11-12H2,1-2H3/t21-/m0/s1. The number of amidine groups is 1. The quantitative estimate of drug-likeness (QED) is 0.606. The molecular formula is C21H19ClN2OS. The lowest BCUT2D eigenvalue weighted by atomic mass is 9.78. The molecule has 1 amide bonds. The fourth-order valence-electron chi connectivity index (χ4n) is 3.57. The molecule has 0 unspecified atom stereocenters. The molecule has 1 aliphatic heterocycles. The minimum Gasteiger partial charge on any atom is -0.304 e. The van der Waals surface area contributed by atoms with Crippen LogP contribution in [0.1, 0.15) is 24.6 Å². The third-order valence-electron chi connectivity index (χ3n) is 5.15. The van der Waals surface area contributed by atoms with E-state index in [1.165, 1.54) is 15.0 Å². The van der Waals surface area contributed by atoms with Gasteiger partial charge in [0.15, 0.2) is 0 Å². The summed E-state index contributed by atoms with van der Waals surface area (Å²) in [5.41, 5.74) is 1.92. The van der Waals surface area contributed by atoms with Crippen molar-refractivity contribution in [3.05, 3.63) is 58.4 Å². The maximum atomic E-state index is 12.3. The molecule has 1 aromatic heterocycles. The lowest BCUT2D eigenvalue weighted by Crippen LogP contribution is -2.46. The number of rotatable bonds is 2. The summed E-state index contributed by atoms with van der Waals surface area (Å²) in [6.45, 7) is 2.09. The van der Waals surface area contributed by atoms with Crippen molar-refractivity contribution in [2.45, 2.75) is 25.2 Å². The summed E-state index contributed by atoms with van der Waals surface area (Å²) < 4.78 is 1.20.